The van der Waals surface area contributed by atoms with E-state index in [1.807, 2.05) is 0 Å². The lowest BCUT2D eigenvalue weighted by Gasteiger charge is -2.18. The average molecular weight is 612 g/mol. The molecule has 0 rings (SSSR count). The van der Waals surface area contributed by atoms with Gasteiger partial charge in [0.05, 0.1) is 13.2 Å². The number of nitrogens with one attached hydrogen (secondary N) is 1. The maximum atomic E-state index is 12.4. The molecule has 0 bridgehead atoms. The van der Waals surface area contributed by atoms with Gasteiger partial charge in [-0.15, -0.1) is 0 Å². The largest absolute Gasteiger partial charge is 0.446 e. The van der Waals surface area contributed by atoms with E-state index < -0.39 is 0 Å². The molecule has 43 heavy (non-hydrogen) atoms. The molecule has 0 aliphatic carbocycles. The quantitative estimate of drug-likeness (QED) is 0.0692. The van der Waals surface area contributed by atoms with Gasteiger partial charge in [-0.3, -0.25) is 0 Å². The molecular weight excluding hydrogens is 534 g/mol. The van der Waals surface area contributed by atoms with Gasteiger partial charge in [0.2, 0.25) is 0 Å². The number of carbonyl (C=O) groups excluding carboxylic acids is 1. The maximum Gasteiger partial charge on any atom is 0.407 e. The molecule has 0 aromatic rings. The highest BCUT2D eigenvalue weighted by atomic mass is 16.6. The van der Waals surface area contributed by atoms with E-state index in [1.54, 1.807) is 0 Å². The van der Waals surface area contributed by atoms with Gasteiger partial charge in [-0.25, -0.2) is 4.79 Å². The molecule has 5 heteroatoms. The highest BCUT2D eigenvalue weighted by molar-refractivity contribution is 5.67. The standard InChI is InChI=1S/C38H77NO4/c1-3-5-7-9-11-13-15-16-17-18-19-21-23-25-27-29-32-37(43-38(41)39-33-30-35-42-36-34-40)31-28-26-24-22-20-14-12-10-8-6-4-2/h37,40H,3-36H2,1-2H3,(H,39,41). The molecule has 258 valence electrons. The first-order valence-corrected chi connectivity index (χ1v) is 19.4. The number of amides is 1. The molecule has 0 radical (unpaired) electrons. The van der Waals surface area contributed by atoms with E-state index in [9.17, 15) is 4.79 Å². The SMILES string of the molecule is CCCCCCCCCCCCCCCCCCC(CCCCCCCCCCCCC)OC(=O)NCCCOCCO. The van der Waals surface area contributed by atoms with Crippen molar-refractivity contribution in [2.24, 2.45) is 0 Å². The molecule has 0 saturated heterocycles. The molecule has 1 unspecified atom stereocenters. The van der Waals surface area contributed by atoms with E-state index in [4.69, 9.17) is 14.6 Å². The van der Waals surface area contributed by atoms with E-state index >= 15 is 0 Å². The summed E-state index contributed by atoms with van der Waals surface area (Å²) in [5.41, 5.74) is 0. The average Bonchev–Trinajstić information content (AvgIpc) is 3.01. The van der Waals surface area contributed by atoms with Crippen LogP contribution in [0.25, 0.3) is 0 Å². The minimum absolute atomic E-state index is 0.0373. The zero-order chi connectivity index (χ0) is 31.3. The summed E-state index contributed by atoms with van der Waals surface area (Å²) in [6, 6.07) is 0. The van der Waals surface area contributed by atoms with Gasteiger partial charge in [0.25, 0.3) is 0 Å². The first-order chi connectivity index (χ1) is 21.2. The number of carbonyl (C=O) groups is 1. The van der Waals surface area contributed by atoms with E-state index in [2.05, 4.69) is 19.2 Å². The van der Waals surface area contributed by atoms with Crippen molar-refractivity contribution in [1.82, 2.24) is 5.32 Å². The Labute approximate surface area is 269 Å². The number of aliphatic hydroxyl groups excluding tert-OH is 1. The molecule has 0 aliphatic heterocycles. The molecule has 2 N–H and O–H groups in total. The van der Waals surface area contributed by atoms with Gasteiger partial charge in [0.15, 0.2) is 0 Å². The van der Waals surface area contributed by atoms with E-state index in [0.29, 0.717) is 19.8 Å². The Balaban J connectivity index is 3.94. The monoisotopic (exact) mass is 612 g/mol. The van der Waals surface area contributed by atoms with Crippen LogP contribution in [0.3, 0.4) is 0 Å². The van der Waals surface area contributed by atoms with Gasteiger partial charge >= 0.3 is 6.09 Å². The van der Waals surface area contributed by atoms with Crippen molar-refractivity contribution >= 4 is 6.09 Å². The van der Waals surface area contributed by atoms with Gasteiger partial charge in [-0.1, -0.05) is 174 Å². The lowest BCUT2D eigenvalue weighted by molar-refractivity contribution is 0.0789. The summed E-state index contributed by atoms with van der Waals surface area (Å²) in [5, 5.41) is 11.7. The summed E-state index contributed by atoms with van der Waals surface area (Å²) in [7, 11) is 0. The van der Waals surface area contributed by atoms with Crippen LogP contribution in [0.4, 0.5) is 4.79 Å². The fourth-order valence-corrected chi connectivity index (χ4v) is 5.94. The topological polar surface area (TPSA) is 67.8 Å². The normalized spacial score (nSPS) is 12.1. The highest BCUT2D eigenvalue weighted by Crippen LogP contribution is 2.18. The second kappa shape index (κ2) is 37.4. The van der Waals surface area contributed by atoms with Crippen LogP contribution >= 0.6 is 0 Å². The van der Waals surface area contributed by atoms with Gasteiger partial charge in [0, 0.05) is 13.2 Å². The van der Waals surface area contributed by atoms with Crippen LogP contribution in [0.1, 0.15) is 206 Å². The van der Waals surface area contributed by atoms with Crippen molar-refractivity contribution in [2.75, 3.05) is 26.4 Å². The molecule has 0 fully saturated rings. The number of aliphatic hydroxyl groups is 1. The van der Waals surface area contributed by atoms with Crippen LogP contribution in [0.2, 0.25) is 0 Å². The van der Waals surface area contributed by atoms with Crippen molar-refractivity contribution in [1.29, 1.82) is 0 Å². The first kappa shape index (κ1) is 42.2. The minimum Gasteiger partial charge on any atom is -0.446 e. The van der Waals surface area contributed by atoms with Gasteiger partial charge in [0.1, 0.15) is 6.10 Å². The molecule has 0 aliphatic rings. The predicted octanol–water partition coefficient (Wildman–Crippen LogP) is 11.8. The Bertz CT molecular complexity index is 530. The second-order valence-corrected chi connectivity index (χ2v) is 13.1. The smallest absolute Gasteiger partial charge is 0.407 e. The summed E-state index contributed by atoms with van der Waals surface area (Å²) < 4.78 is 11.1. The van der Waals surface area contributed by atoms with E-state index in [1.165, 1.54) is 161 Å². The zero-order valence-electron chi connectivity index (χ0n) is 29.3. The van der Waals surface area contributed by atoms with Crippen molar-refractivity contribution in [3.63, 3.8) is 0 Å². The Morgan fingerprint density at radius 2 is 0.860 bits per heavy atom. The number of hydrogen-bond acceptors (Lipinski definition) is 4. The van der Waals surface area contributed by atoms with Crippen LogP contribution in [0.15, 0.2) is 0 Å². The van der Waals surface area contributed by atoms with Crippen molar-refractivity contribution < 1.29 is 19.4 Å². The fourth-order valence-electron chi connectivity index (χ4n) is 5.94. The Morgan fingerprint density at radius 3 is 1.21 bits per heavy atom. The summed E-state index contributed by atoms with van der Waals surface area (Å²) in [5.74, 6) is 0. The summed E-state index contributed by atoms with van der Waals surface area (Å²) in [6.07, 6.45) is 39.2. The van der Waals surface area contributed by atoms with Crippen LogP contribution < -0.4 is 5.32 Å². The molecule has 5 nitrogen and oxygen atoms in total. The molecule has 0 spiro atoms. The van der Waals surface area contributed by atoms with Gasteiger partial charge in [-0.05, 0) is 32.1 Å². The Kier molecular flexibility index (Phi) is 36.7. The Morgan fingerprint density at radius 1 is 0.512 bits per heavy atom. The third-order valence-electron chi connectivity index (χ3n) is 8.75. The predicted molar refractivity (Wildman–Crippen MR) is 186 cm³/mol. The third-order valence-corrected chi connectivity index (χ3v) is 8.75. The third kappa shape index (κ3) is 35.5. The summed E-state index contributed by atoms with van der Waals surface area (Å²) in [6.45, 7) is 6.05. The van der Waals surface area contributed by atoms with Crippen molar-refractivity contribution in [2.45, 2.75) is 213 Å². The molecule has 1 amide bonds. The number of hydrogen-bond donors (Lipinski definition) is 2. The first-order valence-electron chi connectivity index (χ1n) is 19.4. The number of rotatable bonds is 36. The summed E-state index contributed by atoms with van der Waals surface area (Å²) >= 11 is 0. The van der Waals surface area contributed by atoms with Crippen molar-refractivity contribution in [3.8, 4) is 0 Å². The number of ether oxygens (including phenoxy) is 2. The van der Waals surface area contributed by atoms with E-state index in [0.717, 1.165) is 32.1 Å². The molecular formula is C38H77NO4. The van der Waals surface area contributed by atoms with Gasteiger partial charge < -0.3 is 19.9 Å². The van der Waals surface area contributed by atoms with Crippen LogP contribution in [-0.4, -0.2) is 43.7 Å². The highest BCUT2D eigenvalue weighted by Gasteiger charge is 2.14. The molecule has 0 aromatic heterocycles. The molecule has 1 atom stereocenters. The fraction of sp³-hybridized carbons (Fsp3) is 0.974. The lowest BCUT2D eigenvalue weighted by Crippen LogP contribution is -2.30. The maximum absolute atomic E-state index is 12.4. The van der Waals surface area contributed by atoms with Gasteiger partial charge in [-0.2, -0.15) is 0 Å². The minimum atomic E-state index is -0.285. The summed E-state index contributed by atoms with van der Waals surface area (Å²) in [4.78, 5) is 12.4. The number of alkyl carbamates (subject to hydrolysis) is 1. The molecule has 0 saturated carbocycles. The molecule has 0 heterocycles. The van der Waals surface area contributed by atoms with E-state index in [-0.39, 0.29) is 18.8 Å². The lowest BCUT2D eigenvalue weighted by atomic mass is 10.0. The van der Waals surface area contributed by atoms with Crippen LogP contribution in [0.5, 0.6) is 0 Å². The number of unbranched alkanes of at least 4 members (excludes halogenated alkanes) is 25. The zero-order valence-corrected chi connectivity index (χ0v) is 29.3. The van der Waals surface area contributed by atoms with Crippen molar-refractivity contribution in [3.05, 3.63) is 0 Å². The Hall–Kier alpha value is -0.810. The van der Waals surface area contributed by atoms with Crippen LogP contribution in [0, 0.1) is 0 Å². The van der Waals surface area contributed by atoms with Crippen LogP contribution in [-0.2, 0) is 9.47 Å². The second-order valence-electron chi connectivity index (χ2n) is 13.1. The molecule has 0 aromatic carbocycles.